The van der Waals surface area contributed by atoms with Crippen LogP contribution in [0.1, 0.15) is 5.76 Å². The van der Waals surface area contributed by atoms with Crippen molar-refractivity contribution in [1.29, 1.82) is 0 Å². The van der Waals surface area contributed by atoms with Crippen LogP contribution in [0.15, 0.2) is 45.9 Å². The van der Waals surface area contributed by atoms with Gasteiger partial charge in [-0.25, -0.2) is 4.98 Å². The van der Waals surface area contributed by atoms with Crippen LogP contribution in [0, 0.1) is 0 Å². The maximum absolute atomic E-state index is 5.66. The molecular weight excluding hydrogens is 292 g/mol. The minimum Gasteiger partial charge on any atom is -0.453 e. The summed E-state index contributed by atoms with van der Waals surface area (Å²) in [6.07, 6.45) is 1.51. The van der Waals surface area contributed by atoms with Gasteiger partial charge >= 0.3 is 0 Å². The van der Waals surface area contributed by atoms with E-state index in [4.69, 9.17) is 10.2 Å². The molecule has 100 valence electrons. The van der Waals surface area contributed by atoms with Gasteiger partial charge in [0.15, 0.2) is 15.9 Å². The van der Waals surface area contributed by atoms with Gasteiger partial charge in [-0.3, -0.25) is 5.43 Å². The van der Waals surface area contributed by atoms with Gasteiger partial charge in [-0.15, -0.1) is 11.3 Å². The van der Waals surface area contributed by atoms with Crippen molar-refractivity contribution < 1.29 is 4.42 Å². The molecule has 0 radical (unpaired) electrons. The lowest BCUT2D eigenvalue weighted by Crippen LogP contribution is -2.23. The zero-order valence-corrected chi connectivity index (χ0v) is 11.9. The lowest BCUT2D eigenvalue weighted by molar-refractivity contribution is 0.574. The molecule has 3 rings (SSSR count). The Hall–Kier alpha value is -2.25. The number of thiocarbonyl (C=S) groups is 1. The molecule has 20 heavy (non-hydrogen) atoms. The lowest BCUT2D eigenvalue weighted by atomic mass is 10.3. The normalized spacial score (nSPS) is 11.2. The van der Waals surface area contributed by atoms with E-state index in [1.54, 1.807) is 11.3 Å². The molecule has 1 aromatic carbocycles. The highest BCUT2D eigenvalue weighted by molar-refractivity contribution is 7.80. The van der Waals surface area contributed by atoms with Gasteiger partial charge in [0.1, 0.15) is 5.76 Å². The van der Waals surface area contributed by atoms with Crippen LogP contribution in [0.25, 0.3) is 21.0 Å². The Morgan fingerprint density at radius 3 is 3.00 bits per heavy atom. The maximum atomic E-state index is 5.66. The van der Waals surface area contributed by atoms with E-state index in [2.05, 4.69) is 27.7 Å². The molecule has 0 atom stereocenters. The van der Waals surface area contributed by atoms with E-state index >= 15 is 0 Å². The van der Waals surface area contributed by atoms with Crippen LogP contribution < -0.4 is 11.2 Å². The summed E-state index contributed by atoms with van der Waals surface area (Å²) in [7, 11) is 0. The van der Waals surface area contributed by atoms with Crippen molar-refractivity contribution in [2.45, 2.75) is 0 Å². The van der Waals surface area contributed by atoms with E-state index in [1.165, 1.54) is 6.21 Å². The molecule has 3 N–H and O–H groups in total. The van der Waals surface area contributed by atoms with Crippen molar-refractivity contribution in [3.63, 3.8) is 0 Å². The van der Waals surface area contributed by atoms with Crippen LogP contribution >= 0.6 is 23.6 Å². The van der Waals surface area contributed by atoms with Crippen molar-refractivity contribution in [3.05, 3.63) is 42.2 Å². The largest absolute Gasteiger partial charge is 0.453 e. The number of furan rings is 1. The molecule has 2 aromatic heterocycles. The Labute approximate surface area is 124 Å². The van der Waals surface area contributed by atoms with Crippen molar-refractivity contribution >= 4 is 45.1 Å². The Morgan fingerprint density at radius 2 is 2.20 bits per heavy atom. The van der Waals surface area contributed by atoms with E-state index in [0.717, 1.165) is 15.2 Å². The second-order valence-electron chi connectivity index (χ2n) is 3.92. The summed E-state index contributed by atoms with van der Waals surface area (Å²) in [5, 5.41) is 4.79. The molecular formula is C13H10N4OS2. The van der Waals surface area contributed by atoms with Crippen LogP contribution in [0.2, 0.25) is 0 Å². The minimum absolute atomic E-state index is 0.110. The molecule has 0 aliphatic heterocycles. The van der Waals surface area contributed by atoms with Gasteiger partial charge in [-0.2, -0.15) is 5.10 Å². The van der Waals surface area contributed by atoms with Gasteiger partial charge in [0.2, 0.25) is 0 Å². The minimum atomic E-state index is 0.110. The van der Waals surface area contributed by atoms with Gasteiger partial charge in [0.25, 0.3) is 0 Å². The molecule has 0 aliphatic rings. The number of fused-ring (bicyclic) bond motifs is 1. The molecule has 0 aliphatic carbocycles. The molecule has 0 unspecified atom stereocenters. The Kier molecular flexibility index (Phi) is 3.44. The number of rotatable bonds is 3. The van der Waals surface area contributed by atoms with Crippen molar-refractivity contribution in [2.75, 3.05) is 0 Å². The first-order valence-corrected chi connectivity index (χ1v) is 6.99. The van der Waals surface area contributed by atoms with E-state index in [0.29, 0.717) is 11.5 Å². The van der Waals surface area contributed by atoms with E-state index < -0.39 is 0 Å². The maximum Gasteiger partial charge on any atom is 0.184 e. The van der Waals surface area contributed by atoms with Crippen molar-refractivity contribution in [2.24, 2.45) is 10.8 Å². The van der Waals surface area contributed by atoms with E-state index in [-0.39, 0.29) is 5.11 Å². The summed E-state index contributed by atoms with van der Waals surface area (Å²) in [6.45, 7) is 0. The number of nitrogens with one attached hydrogen (secondary N) is 1. The zero-order valence-electron chi connectivity index (χ0n) is 10.2. The molecule has 0 spiro atoms. The fraction of sp³-hybridized carbons (Fsp3) is 0. The average Bonchev–Trinajstić information content (AvgIpc) is 3.03. The second-order valence-corrected chi connectivity index (χ2v) is 5.39. The highest BCUT2D eigenvalue weighted by Gasteiger charge is 2.09. The standard InChI is InChI=1S/C13H10N4OS2/c14-13(19)17-15-7-8-5-6-10(18-8)12-16-9-3-1-2-4-11(9)20-12/h1-7H,(H3,14,17,19)/b15-7-. The third-order valence-corrected chi connectivity index (χ3v) is 3.64. The number of hydrogen-bond donors (Lipinski definition) is 2. The molecule has 3 aromatic rings. The number of benzene rings is 1. The second kappa shape index (κ2) is 5.40. The van der Waals surface area contributed by atoms with Gasteiger partial charge in [-0.05, 0) is 36.5 Å². The Balaban J connectivity index is 1.85. The van der Waals surface area contributed by atoms with Gasteiger partial charge in [0, 0.05) is 0 Å². The molecule has 7 heteroatoms. The molecule has 0 amide bonds. The summed E-state index contributed by atoms with van der Waals surface area (Å²) in [4.78, 5) is 4.53. The average molecular weight is 302 g/mol. The lowest BCUT2D eigenvalue weighted by Gasteiger charge is -1.92. The molecule has 5 nitrogen and oxygen atoms in total. The van der Waals surface area contributed by atoms with Crippen LogP contribution in [0.3, 0.4) is 0 Å². The van der Waals surface area contributed by atoms with Gasteiger partial charge in [0.05, 0.1) is 16.4 Å². The van der Waals surface area contributed by atoms with E-state index in [1.807, 2.05) is 36.4 Å². The molecule has 0 fully saturated rings. The summed E-state index contributed by atoms with van der Waals surface area (Å²) < 4.78 is 6.78. The predicted octanol–water partition coefficient (Wildman–Crippen LogP) is 2.72. The zero-order chi connectivity index (χ0) is 13.9. The molecule has 0 bridgehead atoms. The smallest absolute Gasteiger partial charge is 0.184 e. The summed E-state index contributed by atoms with van der Waals surface area (Å²) in [5.41, 5.74) is 8.70. The highest BCUT2D eigenvalue weighted by Crippen LogP contribution is 2.30. The first-order valence-electron chi connectivity index (χ1n) is 5.77. The number of thiazole rings is 1. The number of nitrogens with zero attached hydrogens (tertiary/aromatic N) is 2. The summed E-state index contributed by atoms with van der Waals surface area (Å²) in [5.74, 6) is 1.31. The fourth-order valence-corrected chi connectivity index (χ4v) is 2.65. The van der Waals surface area contributed by atoms with Crippen molar-refractivity contribution in [3.8, 4) is 10.8 Å². The Bertz CT molecular complexity index is 757. The van der Waals surface area contributed by atoms with Gasteiger partial charge < -0.3 is 10.2 Å². The number of hydrogen-bond acceptors (Lipinski definition) is 5. The quantitative estimate of drug-likeness (QED) is 0.442. The first-order chi connectivity index (χ1) is 9.72. The first kappa shape index (κ1) is 12.8. The fourth-order valence-electron chi connectivity index (χ4n) is 1.67. The van der Waals surface area contributed by atoms with Gasteiger partial charge in [-0.1, -0.05) is 12.1 Å². The third-order valence-electron chi connectivity index (χ3n) is 2.50. The Morgan fingerprint density at radius 1 is 1.35 bits per heavy atom. The number of hydrazone groups is 1. The van der Waals surface area contributed by atoms with Crippen LogP contribution in [-0.4, -0.2) is 16.3 Å². The predicted molar refractivity (Wildman–Crippen MR) is 84.8 cm³/mol. The molecule has 0 saturated heterocycles. The number of aromatic nitrogens is 1. The summed E-state index contributed by atoms with van der Waals surface area (Å²) >= 11 is 6.23. The van der Waals surface area contributed by atoms with Crippen LogP contribution in [0.5, 0.6) is 0 Å². The topological polar surface area (TPSA) is 76.4 Å². The molecule has 2 heterocycles. The van der Waals surface area contributed by atoms with Crippen LogP contribution in [0.4, 0.5) is 0 Å². The number of para-hydroxylation sites is 1. The van der Waals surface area contributed by atoms with E-state index in [9.17, 15) is 0 Å². The van der Waals surface area contributed by atoms with Crippen LogP contribution in [-0.2, 0) is 0 Å². The SMILES string of the molecule is NC(=S)N/N=C\c1ccc(-c2nc3ccccc3s2)o1. The highest BCUT2D eigenvalue weighted by atomic mass is 32.1. The third kappa shape index (κ3) is 2.68. The van der Waals surface area contributed by atoms with Crippen molar-refractivity contribution in [1.82, 2.24) is 10.4 Å². The monoisotopic (exact) mass is 302 g/mol. The number of nitrogens with two attached hydrogens (primary N) is 1. The molecule has 0 saturated carbocycles. The summed E-state index contributed by atoms with van der Waals surface area (Å²) in [6, 6.07) is 11.6.